The van der Waals surface area contributed by atoms with Crippen molar-refractivity contribution >= 4 is 21.7 Å². The molecule has 0 spiro atoms. The smallest absolute Gasteiger partial charge is 0.192 e. The second kappa shape index (κ2) is 3.62. The molecule has 2 aromatic rings. The highest BCUT2D eigenvalue weighted by Crippen LogP contribution is 2.27. The molecule has 0 radical (unpaired) electrons. The van der Waals surface area contributed by atoms with Crippen LogP contribution in [0.2, 0.25) is 0 Å². The van der Waals surface area contributed by atoms with E-state index >= 15 is 0 Å². The quantitative estimate of drug-likeness (QED) is 0.840. The molecule has 0 unspecified atom stereocenters. The van der Waals surface area contributed by atoms with Gasteiger partial charge in [0.05, 0.1) is 0 Å². The summed E-state index contributed by atoms with van der Waals surface area (Å²) < 4.78 is 27.4. The third-order valence-corrected chi connectivity index (χ3v) is 2.43. The molecule has 1 aromatic heterocycles. The Morgan fingerprint density at radius 2 is 2.07 bits per heavy atom. The van der Waals surface area contributed by atoms with Crippen LogP contribution in [0.3, 0.4) is 0 Å². The Balaban J connectivity index is 2.59. The van der Waals surface area contributed by atoms with Gasteiger partial charge in [-0.1, -0.05) is 15.9 Å². The number of H-pyrrole nitrogens is 1. The van der Waals surface area contributed by atoms with Gasteiger partial charge in [0, 0.05) is 10.0 Å². The Labute approximate surface area is 92.4 Å². The lowest BCUT2D eigenvalue weighted by molar-refractivity contribution is 0.618. The summed E-state index contributed by atoms with van der Waals surface area (Å²) in [5, 5.41) is 5.80. The first-order valence-corrected chi connectivity index (χ1v) is 4.83. The van der Waals surface area contributed by atoms with Crippen LogP contribution in [0.5, 0.6) is 0 Å². The monoisotopic (exact) mass is 273 g/mol. The normalized spacial score (nSPS) is 10.6. The first kappa shape index (κ1) is 10.1. The van der Waals surface area contributed by atoms with Gasteiger partial charge in [-0.15, -0.1) is 0 Å². The van der Waals surface area contributed by atoms with Crippen molar-refractivity contribution < 1.29 is 8.78 Å². The molecular formula is C9H6BrF2N3. The van der Waals surface area contributed by atoms with Gasteiger partial charge in [-0.25, -0.2) is 8.78 Å². The summed E-state index contributed by atoms with van der Waals surface area (Å²) in [6.07, 6.45) is 0. The zero-order chi connectivity index (χ0) is 11.0. The van der Waals surface area contributed by atoms with E-state index in [1.54, 1.807) is 6.07 Å². The lowest BCUT2D eigenvalue weighted by Crippen LogP contribution is -1.89. The molecule has 0 saturated heterocycles. The molecule has 1 heterocycles. The Hall–Kier alpha value is -1.43. The van der Waals surface area contributed by atoms with Crippen molar-refractivity contribution in [3.63, 3.8) is 0 Å². The van der Waals surface area contributed by atoms with Gasteiger partial charge in [0.2, 0.25) is 0 Å². The number of aromatic amines is 1. The summed E-state index contributed by atoms with van der Waals surface area (Å²) in [6.45, 7) is 0. The van der Waals surface area contributed by atoms with Crippen LogP contribution in [0.4, 0.5) is 14.6 Å². The zero-order valence-electron chi connectivity index (χ0n) is 7.39. The largest absolute Gasteiger partial charge is 0.380 e. The Bertz CT molecular complexity index is 510. The topological polar surface area (TPSA) is 54.7 Å². The fraction of sp³-hybridized carbons (Fsp3) is 0. The zero-order valence-corrected chi connectivity index (χ0v) is 8.98. The summed E-state index contributed by atoms with van der Waals surface area (Å²) in [5.74, 6) is -1.56. The molecule has 6 heteroatoms. The standard InChI is InChI=1S/C9H6BrF2N3/c10-4-1-2-5(6(11)3-4)8-7(12)9(13)15-14-8/h1-3H,(H3,13,14,15). The first-order chi connectivity index (χ1) is 7.09. The number of nitrogens with one attached hydrogen (secondary N) is 1. The molecular weight excluding hydrogens is 268 g/mol. The number of nitrogens with two attached hydrogens (primary N) is 1. The lowest BCUT2D eigenvalue weighted by atomic mass is 10.1. The van der Waals surface area contributed by atoms with E-state index in [-0.39, 0.29) is 17.1 Å². The van der Waals surface area contributed by atoms with Crippen LogP contribution in [-0.2, 0) is 0 Å². The second-order valence-corrected chi connectivity index (χ2v) is 3.84. The highest BCUT2D eigenvalue weighted by atomic mass is 79.9. The van der Waals surface area contributed by atoms with E-state index in [1.165, 1.54) is 12.1 Å². The van der Waals surface area contributed by atoms with Gasteiger partial charge in [-0.2, -0.15) is 5.10 Å². The number of nitrogens with zero attached hydrogens (tertiary/aromatic N) is 1. The van der Waals surface area contributed by atoms with Gasteiger partial charge in [0.1, 0.15) is 11.5 Å². The highest BCUT2D eigenvalue weighted by Gasteiger charge is 2.15. The molecule has 1 aromatic carbocycles. The van der Waals surface area contributed by atoms with Crippen LogP contribution in [0.1, 0.15) is 0 Å². The van der Waals surface area contributed by atoms with Crippen molar-refractivity contribution in [2.24, 2.45) is 0 Å². The minimum atomic E-state index is -0.740. The minimum Gasteiger partial charge on any atom is -0.380 e. The number of hydrogen-bond donors (Lipinski definition) is 2. The number of rotatable bonds is 1. The number of benzene rings is 1. The van der Waals surface area contributed by atoms with Gasteiger partial charge < -0.3 is 5.73 Å². The van der Waals surface area contributed by atoms with Crippen molar-refractivity contribution in [3.8, 4) is 11.3 Å². The number of hydrogen-bond acceptors (Lipinski definition) is 2. The molecule has 3 nitrogen and oxygen atoms in total. The van der Waals surface area contributed by atoms with E-state index in [2.05, 4.69) is 26.1 Å². The lowest BCUT2D eigenvalue weighted by Gasteiger charge is -2.00. The maximum absolute atomic E-state index is 13.4. The summed E-state index contributed by atoms with van der Waals surface area (Å²) in [6, 6.07) is 4.29. The Morgan fingerprint density at radius 3 is 2.60 bits per heavy atom. The van der Waals surface area contributed by atoms with Crippen LogP contribution < -0.4 is 5.73 Å². The van der Waals surface area contributed by atoms with E-state index in [4.69, 9.17) is 5.73 Å². The molecule has 0 bridgehead atoms. The maximum Gasteiger partial charge on any atom is 0.192 e. The summed E-state index contributed by atoms with van der Waals surface area (Å²) >= 11 is 3.11. The molecule has 0 atom stereocenters. The molecule has 0 saturated carbocycles. The highest BCUT2D eigenvalue weighted by molar-refractivity contribution is 9.10. The molecule has 0 aliphatic carbocycles. The van der Waals surface area contributed by atoms with Crippen LogP contribution in [0.25, 0.3) is 11.3 Å². The van der Waals surface area contributed by atoms with Crippen molar-refractivity contribution in [1.29, 1.82) is 0 Å². The van der Waals surface area contributed by atoms with Crippen molar-refractivity contribution in [1.82, 2.24) is 10.2 Å². The van der Waals surface area contributed by atoms with E-state index in [0.29, 0.717) is 4.47 Å². The van der Waals surface area contributed by atoms with Crippen LogP contribution in [0, 0.1) is 11.6 Å². The Kier molecular flexibility index (Phi) is 2.44. The Morgan fingerprint density at radius 1 is 1.33 bits per heavy atom. The predicted octanol–water partition coefficient (Wildman–Crippen LogP) is 2.70. The number of aromatic nitrogens is 2. The van der Waals surface area contributed by atoms with Gasteiger partial charge >= 0.3 is 0 Å². The van der Waals surface area contributed by atoms with Crippen molar-refractivity contribution in [3.05, 3.63) is 34.3 Å². The third kappa shape index (κ3) is 1.72. The minimum absolute atomic E-state index is 0.0440. The summed E-state index contributed by atoms with van der Waals surface area (Å²) in [5.41, 5.74) is 5.26. The van der Waals surface area contributed by atoms with Crippen LogP contribution in [-0.4, -0.2) is 10.2 Å². The van der Waals surface area contributed by atoms with Crippen molar-refractivity contribution in [2.45, 2.75) is 0 Å². The van der Waals surface area contributed by atoms with Gasteiger partial charge in [0.25, 0.3) is 0 Å². The van der Waals surface area contributed by atoms with Crippen LogP contribution in [0.15, 0.2) is 22.7 Å². The maximum atomic E-state index is 13.4. The fourth-order valence-corrected chi connectivity index (χ4v) is 1.55. The summed E-state index contributed by atoms with van der Waals surface area (Å²) in [4.78, 5) is 0. The van der Waals surface area contributed by atoms with Crippen LogP contribution >= 0.6 is 15.9 Å². The molecule has 15 heavy (non-hydrogen) atoms. The first-order valence-electron chi connectivity index (χ1n) is 4.04. The average Bonchev–Trinajstić information content (AvgIpc) is 2.49. The summed E-state index contributed by atoms with van der Waals surface area (Å²) in [7, 11) is 0. The molecule has 0 amide bonds. The number of nitrogen functional groups attached to an aromatic ring is 1. The van der Waals surface area contributed by atoms with E-state index < -0.39 is 11.6 Å². The van der Waals surface area contributed by atoms with Gasteiger partial charge in [-0.05, 0) is 18.2 Å². The van der Waals surface area contributed by atoms with E-state index in [1.807, 2.05) is 0 Å². The third-order valence-electron chi connectivity index (χ3n) is 1.93. The van der Waals surface area contributed by atoms with Gasteiger partial charge in [0.15, 0.2) is 11.6 Å². The SMILES string of the molecule is Nc1n[nH]c(-c2ccc(Br)cc2F)c1F. The molecule has 0 aliphatic rings. The van der Waals surface area contributed by atoms with Gasteiger partial charge in [-0.3, -0.25) is 5.10 Å². The molecule has 0 aliphatic heterocycles. The number of anilines is 1. The fourth-order valence-electron chi connectivity index (χ4n) is 1.21. The molecule has 78 valence electrons. The van der Waals surface area contributed by atoms with E-state index in [0.717, 1.165) is 0 Å². The molecule has 2 rings (SSSR count). The second-order valence-electron chi connectivity index (χ2n) is 2.92. The number of halogens is 3. The average molecular weight is 274 g/mol. The van der Waals surface area contributed by atoms with E-state index in [9.17, 15) is 8.78 Å². The molecule has 0 fully saturated rings. The van der Waals surface area contributed by atoms with Crippen molar-refractivity contribution in [2.75, 3.05) is 5.73 Å². The molecule has 3 N–H and O–H groups in total. The predicted molar refractivity (Wildman–Crippen MR) is 56.1 cm³/mol.